The van der Waals surface area contributed by atoms with Gasteiger partial charge in [-0.25, -0.2) is 0 Å². The lowest BCUT2D eigenvalue weighted by Gasteiger charge is -2.23. The second-order valence-electron chi connectivity index (χ2n) is 4.51. The number of nitrogens with one attached hydrogen (secondary N) is 1. The third kappa shape index (κ3) is 4.28. The van der Waals surface area contributed by atoms with Crippen LogP contribution < -0.4 is 14.8 Å². The maximum Gasteiger partial charge on any atom is 0.163 e. The van der Waals surface area contributed by atoms with Crippen molar-refractivity contribution in [2.75, 3.05) is 38.5 Å². The van der Waals surface area contributed by atoms with E-state index >= 15 is 0 Å². The summed E-state index contributed by atoms with van der Waals surface area (Å²) in [7, 11) is 0. The Hall–Kier alpha value is -1.46. The summed E-state index contributed by atoms with van der Waals surface area (Å²) in [6.45, 7) is 7.09. The Bertz CT molecular complexity index is 405. The Morgan fingerprint density at radius 1 is 1.20 bits per heavy atom. The lowest BCUT2D eigenvalue weighted by molar-refractivity contribution is -0.133. The molecule has 0 amide bonds. The van der Waals surface area contributed by atoms with Gasteiger partial charge in [-0.15, -0.1) is 0 Å². The van der Waals surface area contributed by atoms with Gasteiger partial charge in [0, 0.05) is 18.3 Å². The van der Waals surface area contributed by atoms with Crippen LogP contribution in [0.25, 0.3) is 0 Å². The van der Waals surface area contributed by atoms with E-state index < -0.39 is 0 Å². The topological polar surface area (TPSA) is 49.0 Å². The largest absolute Gasteiger partial charge is 0.490 e. The molecule has 1 aromatic carbocycles. The van der Waals surface area contributed by atoms with Crippen molar-refractivity contribution in [3.05, 3.63) is 18.2 Å². The van der Waals surface area contributed by atoms with Crippen LogP contribution in [-0.2, 0) is 9.47 Å². The summed E-state index contributed by atoms with van der Waals surface area (Å²) in [5.74, 6) is 1.55. The quantitative estimate of drug-likeness (QED) is 0.832. The lowest BCUT2D eigenvalue weighted by atomic mass is 10.2. The molecule has 1 aromatic rings. The third-order valence-electron chi connectivity index (χ3n) is 3.05. The van der Waals surface area contributed by atoms with Crippen LogP contribution in [0.1, 0.15) is 20.3 Å². The van der Waals surface area contributed by atoms with Crippen molar-refractivity contribution in [1.29, 1.82) is 0 Å². The Morgan fingerprint density at radius 3 is 2.70 bits per heavy atom. The molecule has 0 aromatic heterocycles. The Balaban J connectivity index is 1.94. The van der Waals surface area contributed by atoms with Crippen molar-refractivity contribution < 1.29 is 18.9 Å². The Morgan fingerprint density at radius 2 is 2.00 bits per heavy atom. The molecule has 0 radical (unpaired) electrons. The van der Waals surface area contributed by atoms with E-state index in [4.69, 9.17) is 18.9 Å². The highest BCUT2D eigenvalue weighted by Crippen LogP contribution is 2.30. The first kappa shape index (κ1) is 14.9. The number of benzene rings is 1. The third-order valence-corrected chi connectivity index (χ3v) is 3.05. The molecule has 1 unspecified atom stereocenters. The standard InChI is InChI=1S/C15H23NO4/c1-3-18-14-6-5-12(9-15(14)19-4-2)16-10-13-7-8-17-11-20-13/h5-6,9,13,16H,3-4,7-8,10-11H2,1-2H3. The van der Waals surface area contributed by atoms with Gasteiger partial charge in [0.05, 0.1) is 25.9 Å². The minimum Gasteiger partial charge on any atom is -0.490 e. The second-order valence-corrected chi connectivity index (χ2v) is 4.51. The number of hydrogen-bond donors (Lipinski definition) is 1. The summed E-state index contributed by atoms with van der Waals surface area (Å²) in [5.41, 5.74) is 1.01. The second kappa shape index (κ2) is 7.97. The predicted molar refractivity (Wildman–Crippen MR) is 77.6 cm³/mol. The van der Waals surface area contributed by atoms with E-state index in [2.05, 4.69) is 5.32 Å². The first-order valence-electron chi connectivity index (χ1n) is 7.16. The van der Waals surface area contributed by atoms with Crippen molar-refractivity contribution in [3.63, 3.8) is 0 Å². The molecule has 5 nitrogen and oxygen atoms in total. The van der Waals surface area contributed by atoms with E-state index in [1.54, 1.807) is 0 Å². The monoisotopic (exact) mass is 281 g/mol. The van der Waals surface area contributed by atoms with Crippen LogP contribution in [0.4, 0.5) is 5.69 Å². The molecule has 0 spiro atoms. The SMILES string of the molecule is CCOc1ccc(NCC2CCOCO2)cc1OCC. The average Bonchev–Trinajstić information content (AvgIpc) is 2.49. The highest BCUT2D eigenvalue weighted by Gasteiger charge is 2.14. The number of anilines is 1. The van der Waals surface area contributed by atoms with Gasteiger partial charge in [-0.1, -0.05) is 0 Å². The molecule has 1 fully saturated rings. The van der Waals surface area contributed by atoms with Gasteiger partial charge in [-0.05, 0) is 32.4 Å². The molecule has 112 valence electrons. The van der Waals surface area contributed by atoms with Crippen molar-refractivity contribution >= 4 is 5.69 Å². The molecular formula is C15H23NO4. The molecule has 1 aliphatic rings. The molecule has 0 bridgehead atoms. The molecule has 5 heteroatoms. The first-order chi connectivity index (χ1) is 9.83. The summed E-state index contributed by atoms with van der Waals surface area (Å²) < 4.78 is 21.8. The molecule has 20 heavy (non-hydrogen) atoms. The number of rotatable bonds is 7. The van der Waals surface area contributed by atoms with Crippen LogP contribution in [0, 0.1) is 0 Å². The maximum absolute atomic E-state index is 5.61. The average molecular weight is 281 g/mol. The molecule has 1 N–H and O–H groups in total. The summed E-state index contributed by atoms with van der Waals surface area (Å²) >= 11 is 0. The zero-order valence-corrected chi connectivity index (χ0v) is 12.2. The molecular weight excluding hydrogens is 258 g/mol. The highest BCUT2D eigenvalue weighted by molar-refractivity contribution is 5.54. The highest BCUT2D eigenvalue weighted by atomic mass is 16.7. The van der Waals surface area contributed by atoms with Gasteiger partial charge in [0.25, 0.3) is 0 Å². The van der Waals surface area contributed by atoms with Crippen LogP contribution in [0.3, 0.4) is 0 Å². The van der Waals surface area contributed by atoms with Gasteiger partial charge >= 0.3 is 0 Å². The maximum atomic E-state index is 5.61. The molecule has 1 saturated heterocycles. The van der Waals surface area contributed by atoms with E-state index in [0.29, 0.717) is 20.0 Å². The van der Waals surface area contributed by atoms with E-state index in [-0.39, 0.29) is 6.10 Å². The Labute approximate surface area is 120 Å². The van der Waals surface area contributed by atoms with Gasteiger partial charge < -0.3 is 24.3 Å². The number of ether oxygens (including phenoxy) is 4. The molecule has 1 heterocycles. The summed E-state index contributed by atoms with van der Waals surface area (Å²) in [5, 5.41) is 3.37. The van der Waals surface area contributed by atoms with Crippen molar-refractivity contribution in [2.24, 2.45) is 0 Å². The Kier molecular flexibility index (Phi) is 5.95. The normalized spacial score (nSPS) is 18.6. The lowest BCUT2D eigenvalue weighted by Crippen LogP contribution is -2.30. The molecule has 0 saturated carbocycles. The zero-order valence-electron chi connectivity index (χ0n) is 12.2. The van der Waals surface area contributed by atoms with Gasteiger partial charge in [-0.3, -0.25) is 0 Å². The van der Waals surface area contributed by atoms with Crippen LogP contribution in [0.5, 0.6) is 11.5 Å². The van der Waals surface area contributed by atoms with Crippen molar-refractivity contribution in [2.45, 2.75) is 26.4 Å². The van der Waals surface area contributed by atoms with Gasteiger partial charge in [0.2, 0.25) is 0 Å². The van der Waals surface area contributed by atoms with E-state index in [0.717, 1.165) is 36.8 Å². The van der Waals surface area contributed by atoms with Crippen LogP contribution in [0.15, 0.2) is 18.2 Å². The fraction of sp³-hybridized carbons (Fsp3) is 0.600. The van der Waals surface area contributed by atoms with Gasteiger partial charge in [0.1, 0.15) is 6.79 Å². The van der Waals surface area contributed by atoms with Crippen molar-refractivity contribution in [1.82, 2.24) is 0 Å². The first-order valence-corrected chi connectivity index (χ1v) is 7.16. The van der Waals surface area contributed by atoms with Crippen molar-refractivity contribution in [3.8, 4) is 11.5 Å². The minimum atomic E-state index is 0.200. The van der Waals surface area contributed by atoms with E-state index in [1.165, 1.54) is 0 Å². The number of hydrogen-bond acceptors (Lipinski definition) is 5. The smallest absolute Gasteiger partial charge is 0.163 e. The molecule has 1 aliphatic heterocycles. The fourth-order valence-corrected chi connectivity index (χ4v) is 2.06. The van der Waals surface area contributed by atoms with E-state index in [1.807, 2.05) is 32.0 Å². The van der Waals surface area contributed by atoms with Crippen LogP contribution in [-0.4, -0.2) is 39.3 Å². The van der Waals surface area contributed by atoms with Gasteiger partial charge in [-0.2, -0.15) is 0 Å². The molecule has 0 aliphatic carbocycles. The summed E-state index contributed by atoms with van der Waals surface area (Å²) in [6.07, 6.45) is 1.12. The van der Waals surface area contributed by atoms with Gasteiger partial charge in [0.15, 0.2) is 11.5 Å². The summed E-state index contributed by atoms with van der Waals surface area (Å²) in [6, 6.07) is 5.89. The minimum absolute atomic E-state index is 0.200. The van der Waals surface area contributed by atoms with E-state index in [9.17, 15) is 0 Å². The predicted octanol–water partition coefficient (Wildman–Crippen LogP) is 2.66. The molecule has 1 atom stereocenters. The zero-order chi connectivity index (χ0) is 14.2. The molecule has 2 rings (SSSR count). The fourth-order valence-electron chi connectivity index (χ4n) is 2.06. The summed E-state index contributed by atoms with van der Waals surface area (Å²) in [4.78, 5) is 0. The van der Waals surface area contributed by atoms with Crippen LogP contribution in [0.2, 0.25) is 0 Å². The van der Waals surface area contributed by atoms with Crippen LogP contribution >= 0.6 is 0 Å².